The van der Waals surface area contributed by atoms with Gasteiger partial charge in [-0.1, -0.05) is 30.3 Å². The highest BCUT2D eigenvalue weighted by Gasteiger charge is 2.16. The predicted molar refractivity (Wildman–Crippen MR) is 110 cm³/mol. The summed E-state index contributed by atoms with van der Waals surface area (Å²) in [6.45, 7) is 1.90. The summed E-state index contributed by atoms with van der Waals surface area (Å²) >= 11 is 0. The van der Waals surface area contributed by atoms with Crippen LogP contribution in [0.25, 0.3) is 10.9 Å². The van der Waals surface area contributed by atoms with E-state index in [4.69, 9.17) is 9.47 Å². The minimum absolute atomic E-state index is 0.145. The van der Waals surface area contributed by atoms with Gasteiger partial charge in [0.05, 0.1) is 12.7 Å². The molecule has 0 unspecified atom stereocenters. The predicted octanol–water partition coefficient (Wildman–Crippen LogP) is 5.53. The number of ether oxygens (including phenoxy) is 2. The third-order valence-electron chi connectivity index (χ3n) is 4.53. The molecule has 5 heteroatoms. The van der Waals surface area contributed by atoms with Gasteiger partial charge in [-0.15, -0.1) is 0 Å². The molecule has 2 N–H and O–H groups in total. The number of carbonyl (C=O) groups excluding carboxylic acids is 1. The molecule has 4 rings (SSSR count). The molecule has 0 aliphatic carbocycles. The molecule has 5 nitrogen and oxygen atoms in total. The molecule has 1 amide bonds. The van der Waals surface area contributed by atoms with Gasteiger partial charge in [0.25, 0.3) is 5.91 Å². The second kappa shape index (κ2) is 7.48. The molecule has 0 bridgehead atoms. The van der Waals surface area contributed by atoms with Gasteiger partial charge in [0.2, 0.25) is 0 Å². The van der Waals surface area contributed by atoms with Crippen LogP contribution in [-0.2, 0) is 0 Å². The number of nitrogens with one attached hydrogen (secondary N) is 2. The van der Waals surface area contributed by atoms with Crippen LogP contribution in [0.5, 0.6) is 17.2 Å². The fourth-order valence-corrected chi connectivity index (χ4v) is 3.20. The Hall–Kier alpha value is -3.73. The molecule has 4 aromatic rings. The highest BCUT2D eigenvalue weighted by atomic mass is 16.5. The van der Waals surface area contributed by atoms with Crippen molar-refractivity contribution in [3.05, 3.63) is 84.1 Å². The summed E-state index contributed by atoms with van der Waals surface area (Å²) in [5.74, 6) is 1.81. The normalized spacial score (nSPS) is 10.6. The summed E-state index contributed by atoms with van der Waals surface area (Å²) in [6, 6.07) is 22.5. The molecule has 0 saturated heterocycles. The fraction of sp³-hybridized carbons (Fsp3) is 0.0870. The van der Waals surface area contributed by atoms with Gasteiger partial charge in [-0.3, -0.25) is 4.79 Å². The standard InChI is InChI=1S/C23H20N2O3/c1-15-22(18-7-3-4-8-19(18)24-15)23(26)25-16-11-13-17(14-12-16)28-21-10-6-5-9-20(21)27-2/h3-14,24H,1-2H3,(H,25,26). The molecule has 0 saturated carbocycles. The van der Waals surface area contributed by atoms with Gasteiger partial charge < -0.3 is 19.8 Å². The number of fused-ring (bicyclic) bond motifs is 1. The number of carbonyl (C=O) groups is 1. The first kappa shape index (κ1) is 17.7. The number of para-hydroxylation sites is 3. The first-order valence-corrected chi connectivity index (χ1v) is 8.95. The van der Waals surface area contributed by atoms with Crippen LogP contribution in [0.15, 0.2) is 72.8 Å². The van der Waals surface area contributed by atoms with Crippen molar-refractivity contribution in [1.29, 1.82) is 0 Å². The molecule has 0 radical (unpaired) electrons. The van der Waals surface area contributed by atoms with Gasteiger partial charge in [-0.25, -0.2) is 0 Å². The lowest BCUT2D eigenvalue weighted by Gasteiger charge is -2.11. The molecular weight excluding hydrogens is 352 g/mol. The molecule has 0 atom stereocenters. The Balaban J connectivity index is 1.51. The number of methoxy groups -OCH3 is 1. The molecule has 0 spiro atoms. The number of hydrogen-bond donors (Lipinski definition) is 2. The van der Waals surface area contributed by atoms with Crippen LogP contribution >= 0.6 is 0 Å². The molecule has 0 aliphatic rings. The Morgan fingerprint density at radius 1 is 0.893 bits per heavy atom. The molecule has 0 fully saturated rings. The van der Waals surface area contributed by atoms with Crippen LogP contribution in [0.2, 0.25) is 0 Å². The van der Waals surface area contributed by atoms with Crippen LogP contribution in [0.3, 0.4) is 0 Å². The summed E-state index contributed by atoms with van der Waals surface area (Å²) < 4.78 is 11.2. The molecule has 0 aliphatic heterocycles. The van der Waals surface area contributed by atoms with Crippen LogP contribution in [0.1, 0.15) is 16.1 Å². The first-order valence-electron chi connectivity index (χ1n) is 8.95. The lowest BCUT2D eigenvalue weighted by Crippen LogP contribution is -2.12. The van der Waals surface area contributed by atoms with Gasteiger partial charge >= 0.3 is 0 Å². The second-order valence-corrected chi connectivity index (χ2v) is 6.40. The molecule has 3 aromatic carbocycles. The number of aryl methyl sites for hydroxylation is 1. The Morgan fingerprint density at radius 2 is 1.57 bits per heavy atom. The lowest BCUT2D eigenvalue weighted by molar-refractivity contribution is 0.102. The number of rotatable bonds is 5. The molecule has 28 heavy (non-hydrogen) atoms. The van der Waals surface area contributed by atoms with Crippen molar-refractivity contribution < 1.29 is 14.3 Å². The highest BCUT2D eigenvalue weighted by molar-refractivity contribution is 6.13. The largest absolute Gasteiger partial charge is 0.493 e. The van der Waals surface area contributed by atoms with Crippen molar-refractivity contribution in [3.8, 4) is 17.2 Å². The summed E-state index contributed by atoms with van der Waals surface area (Å²) in [7, 11) is 1.60. The van der Waals surface area contributed by atoms with E-state index in [9.17, 15) is 4.79 Å². The number of H-pyrrole nitrogens is 1. The van der Waals surface area contributed by atoms with Gasteiger partial charge in [0.1, 0.15) is 5.75 Å². The van der Waals surface area contributed by atoms with E-state index >= 15 is 0 Å². The van der Waals surface area contributed by atoms with Crippen molar-refractivity contribution in [2.75, 3.05) is 12.4 Å². The first-order chi connectivity index (χ1) is 13.7. The minimum atomic E-state index is -0.145. The minimum Gasteiger partial charge on any atom is -0.493 e. The van der Waals surface area contributed by atoms with Crippen molar-refractivity contribution in [3.63, 3.8) is 0 Å². The lowest BCUT2D eigenvalue weighted by atomic mass is 10.1. The fourth-order valence-electron chi connectivity index (χ4n) is 3.20. The van der Waals surface area contributed by atoms with Crippen LogP contribution < -0.4 is 14.8 Å². The Labute approximate surface area is 162 Å². The van der Waals surface area contributed by atoms with Crippen molar-refractivity contribution in [2.45, 2.75) is 6.92 Å². The van der Waals surface area contributed by atoms with Gasteiger partial charge in [0, 0.05) is 22.3 Å². The van der Waals surface area contributed by atoms with E-state index in [-0.39, 0.29) is 5.91 Å². The van der Waals surface area contributed by atoms with E-state index in [2.05, 4.69) is 10.3 Å². The smallest absolute Gasteiger partial charge is 0.258 e. The number of aromatic nitrogens is 1. The Morgan fingerprint density at radius 3 is 2.32 bits per heavy atom. The molecule has 1 aromatic heterocycles. The van der Waals surface area contributed by atoms with E-state index < -0.39 is 0 Å². The topological polar surface area (TPSA) is 63.4 Å². The molecular formula is C23H20N2O3. The van der Waals surface area contributed by atoms with E-state index in [1.807, 2.05) is 79.7 Å². The van der Waals surface area contributed by atoms with Crippen molar-refractivity contribution >= 4 is 22.5 Å². The molecule has 140 valence electrons. The Kier molecular flexibility index (Phi) is 4.72. The maximum absolute atomic E-state index is 12.8. The van der Waals surface area contributed by atoms with Gasteiger partial charge in [0.15, 0.2) is 11.5 Å². The third-order valence-corrected chi connectivity index (χ3v) is 4.53. The quantitative estimate of drug-likeness (QED) is 0.484. The van der Waals surface area contributed by atoms with Crippen molar-refractivity contribution in [2.24, 2.45) is 0 Å². The summed E-state index contributed by atoms with van der Waals surface area (Å²) in [5.41, 5.74) is 3.15. The highest BCUT2D eigenvalue weighted by Crippen LogP contribution is 2.31. The van der Waals surface area contributed by atoms with E-state index in [1.54, 1.807) is 7.11 Å². The zero-order valence-corrected chi connectivity index (χ0v) is 15.7. The van der Waals surface area contributed by atoms with Gasteiger partial charge in [-0.2, -0.15) is 0 Å². The van der Waals surface area contributed by atoms with Gasteiger partial charge in [-0.05, 0) is 49.4 Å². The number of benzene rings is 3. The maximum atomic E-state index is 12.8. The number of hydrogen-bond acceptors (Lipinski definition) is 3. The van der Waals surface area contributed by atoms with E-state index in [0.717, 1.165) is 16.6 Å². The zero-order chi connectivity index (χ0) is 19.5. The summed E-state index contributed by atoms with van der Waals surface area (Å²) in [6.07, 6.45) is 0. The average molecular weight is 372 g/mol. The van der Waals surface area contributed by atoms with E-state index in [1.165, 1.54) is 0 Å². The Bertz CT molecular complexity index is 1130. The number of anilines is 1. The monoisotopic (exact) mass is 372 g/mol. The summed E-state index contributed by atoms with van der Waals surface area (Å²) in [5, 5.41) is 3.86. The maximum Gasteiger partial charge on any atom is 0.258 e. The van der Waals surface area contributed by atoms with Crippen LogP contribution in [0.4, 0.5) is 5.69 Å². The zero-order valence-electron chi connectivity index (χ0n) is 15.7. The number of aromatic amines is 1. The van der Waals surface area contributed by atoms with E-state index in [0.29, 0.717) is 28.5 Å². The van der Waals surface area contributed by atoms with Crippen LogP contribution in [-0.4, -0.2) is 18.0 Å². The van der Waals surface area contributed by atoms with Crippen molar-refractivity contribution in [1.82, 2.24) is 4.98 Å². The molecule has 1 heterocycles. The third kappa shape index (κ3) is 3.42. The number of amides is 1. The summed E-state index contributed by atoms with van der Waals surface area (Å²) in [4.78, 5) is 16.0. The van der Waals surface area contributed by atoms with Crippen LogP contribution in [0, 0.1) is 6.92 Å². The second-order valence-electron chi connectivity index (χ2n) is 6.40. The SMILES string of the molecule is COc1ccccc1Oc1ccc(NC(=O)c2c(C)[nH]c3ccccc23)cc1. The average Bonchev–Trinajstić information content (AvgIpc) is 3.05.